The first kappa shape index (κ1) is 16.7. The van der Waals surface area contributed by atoms with Gasteiger partial charge in [0.2, 0.25) is 5.91 Å². The number of carbonyl (C=O) groups is 1. The van der Waals surface area contributed by atoms with E-state index in [0.717, 1.165) is 11.3 Å². The number of rotatable bonds is 3. The summed E-state index contributed by atoms with van der Waals surface area (Å²) in [5.41, 5.74) is 5.85. The maximum atomic E-state index is 12.9. The minimum atomic E-state index is -3.65. The Morgan fingerprint density at radius 1 is 1.45 bits per heavy atom. The molecule has 0 fully saturated rings. The first-order valence-corrected chi connectivity index (χ1v) is 6.91. The fourth-order valence-electron chi connectivity index (χ4n) is 1.76. The lowest BCUT2D eigenvalue weighted by atomic mass is 10.2. The Labute approximate surface area is 134 Å². The largest absolute Gasteiger partial charge is 0.586 e. The van der Waals surface area contributed by atoms with Gasteiger partial charge in [-0.25, -0.2) is 4.98 Å². The van der Waals surface area contributed by atoms with Crippen molar-refractivity contribution in [1.82, 2.24) is 4.98 Å². The molecule has 1 aromatic heterocycles. The van der Waals surface area contributed by atoms with Crippen LogP contribution in [0.4, 0.5) is 13.9 Å². The monoisotopic (exact) mass is 351 g/mol. The zero-order chi connectivity index (χ0) is 15.2. The summed E-state index contributed by atoms with van der Waals surface area (Å²) in [6.07, 6.45) is -3.65. The zero-order valence-corrected chi connectivity index (χ0v) is 12.9. The molecule has 0 radical (unpaired) electrons. The van der Waals surface area contributed by atoms with Gasteiger partial charge in [0, 0.05) is 24.6 Å². The molecule has 1 aliphatic heterocycles. The third kappa shape index (κ3) is 3.06. The van der Waals surface area contributed by atoms with Crippen molar-refractivity contribution in [1.29, 1.82) is 0 Å². The van der Waals surface area contributed by atoms with Crippen LogP contribution in [0.5, 0.6) is 11.5 Å². The average molecular weight is 352 g/mol. The van der Waals surface area contributed by atoms with Crippen LogP contribution >= 0.6 is 23.7 Å². The van der Waals surface area contributed by atoms with E-state index in [9.17, 15) is 13.6 Å². The molecule has 0 aliphatic carbocycles. The van der Waals surface area contributed by atoms with Gasteiger partial charge in [0.25, 0.3) is 0 Å². The molecule has 0 spiro atoms. The number of fused-ring (bicyclic) bond motifs is 2. The smallest absolute Gasteiger partial charge is 0.395 e. The molecule has 1 atom stereocenters. The number of carbonyl (C=O) groups excluding carboxylic acids is 1. The number of aromatic nitrogens is 1. The van der Waals surface area contributed by atoms with E-state index in [1.54, 1.807) is 6.92 Å². The summed E-state index contributed by atoms with van der Waals surface area (Å²) in [7, 11) is 0. The summed E-state index contributed by atoms with van der Waals surface area (Å²) in [4.78, 5) is 15.9. The zero-order valence-electron chi connectivity index (χ0n) is 11.3. The second kappa shape index (κ2) is 5.82. The standard InChI is InChI=1S/C12H11F2N3O3S.ClH/c1-5(4-15)10(18)17-11-16-6-2-7-8(3-9(6)21-11)20-12(13,14)19-7;/h2-3,5H,4,15H2,1H3,(H,16,17,18);1H. The van der Waals surface area contributed by atoms with Gasteiger partial charge in [-0.15, -0.1) is 21.2 Å². The Hall–Kier alpha value is -1.71. The second-order valence-electron chi connectivity index (χ2n) is 4.58. The van der Waals surface area contributed by atoms with Gasteiger partial charge in [0.05, 0.1) is 10.2 Å². The molecule has 10 heteroatoms. The highest BCUT2D eigenvalue weighted by Gasteiger charge is 2.43. The van der Waals surface area contributed by atoms with E-state index in [2.05, 4.69) is 19.8 Å². The molecule has 1 aromatic carbocycles. The third-order valence-corrected chi connectivity index (χ3v) is 3.88. The van der Waals surface area contributed by atoms with Crippen LogP contribution in [0.15, 0.2) is 12.1 Å². The van der Waals surface area contributed by atoms with Crippen LogP contribution in [0.3, 0.4) is 0 Å². The van der Waals surface area contributed by atoms with Gasteiger partial charge in [0.1, 0.15) is 0 Å². The third-order valence-electron chi connectivity index (χ3n) is 2.94. The molecular weight excluding hydrogens is 340 g/mol. The van der Waals surface area contributed by atoms with Gasteiger partial charge in [-0.1, -0.05) is 18.3 Å². The van der Waals surface area contributed by atoms with E-state index >= 15 is 0 Å². The summed E-state index contributed by atoms with van der Waals surface area (Å²) in [6, 6.07) is 2.76. The average Bonchev–Trinajstić information content (AvgIpc) is 2.91. The van der Waals surface area contributed by atoms with Crippen molar-refractivity contribution in [2.75, 3.05) is 11.9 Å². The number of halogens is 3. The number of ether oxygens (including phenoxy) is 2. The number of nitrogens with zero attached hydrogens (tertiary/aromatic N) is 1. The second-order valence-corrected chi connectivity index (χ2v) is 5.61. The summed E-state index contributed by atoms with van der Waals surface area (Å²) in [6.45, 7) is 1.92. The number of hydrogen-bond acceptors (Lipinski definition) is 6. The number of alkyl halides is 2. The number of amides is 1. The highest BCUT2D eigenvalue weighted by atomic mass is 35.5. The summed E-state index contributed by atoms with van der Waals surface area (Å²) >= 11 is 1.16. The van der Waals surface area contributed by atoms with Crippen LogP contribution < -0.4 is 20.5 Å². The number of thiazole rings is 1. The topological polar surface area (TPSA) is 86.5 Å². The predicted molar refractivity (Wildman–Crippen MR) is 79.9 cm³/mol. The van der Waals surface area contributed by atoms with Gasteiger partial charge in [-0.2, -0.15) is 0 Å². The number of hydrogen-bond donors (Lipinski definition) is 2. The van der Waals surface area contributed by atoms with Gasteiger partial charge < -0.3 is 20.5 Å². The maximum absolute atomic E-state index is 12.9. The maximum Gasteiger partial charge on any atom is 0.586 e. The van der Waals surface area contributed by atoms with Crippen LogP contribution in [0, 0.1) is 5.92 Å². The molecule has 0 saturated heterocycles. The van der Waals surface area contributed by atoms with E-state index < -0.39 is 6.29 Å². The normalized spacial score (nSPS) is 16.2. The molecule has 2 aromatic rings. The van der Waals surface area contributed by atoms with Crippen molar-refractivity contribution in [3.8, 4) is 11.5 Å². The van der Waals surface area contributed by atoms with Crippen molar-refractivity contribution in [2.24, 2.45) is 11.7 Å². The van der Waals surface area contributed by atoms with E-state index in [1.807, 2.05) is 0 Å². The van der Waals surface area contributed by atoms with E-state index in [4.69, 9.17) is 5.73 Å². The number of benzene rings is 1. The lowest BCUT2D eigenvalue weighted by Crippen LogP contribution is -2.26. The van der Waals surface area contributed by atoms with Crippen LogP contribution in [0.1, 0.15) is 6.92 Å². The number of anilines is 1. The van der Waals surface area contributed by atoms with Gasteiger partial charge in [0.15, 0.2) is 16.6 Å². The summed E-state index contributed by atoms with van der Waals surface area (Å²) in [5.74, 6) is -0.717. The number of nitrogens with one attached hydrogen (secondary N) is 1. The molecule has 2 heterocycles. The molecule has 1 amide bonds. The quantitative estimate of drug-likeness (QED) is 0.887. The molecule has 1 aliphatic rings. The van der Waals surface area contributed by atoms with Gasteiger partial charge in [-0.3, -0.25) is 4.79 Å². The van der Waals surface area contributed by atoms with Crippen LogP contribution in [0.25, 0.3) is 10.2 Å². The molecule has 3 rings (SSSR count). The van der Waals surface area contributed by atoms with Crippen molar-refractivity contribution >= 4 is 45.0 Å². The van der Waals surface area contributed by atoms with E-state index in [0.29, 0.717) is 15.3 Å². The minimum Gasteiger partial charge on any atom is -0.395 e. The molecule has 120 valence electrons. The predicted octanol–water partition coefficient (Wildman–Crippen LogP) is 2.57. The Morgan fingerprint density at radius 3 is 2.73 bits per heavy atom. The van der Waals surface area contributed by atoms with E-state index in [1.165, 1.54) is 12.1 Å². The molecule has 6 nitrogen and oxygen atoms in total. The highest BCUT2D eigenvalue weighted by molar-refractivity contribution is 7.22. The van der Waals surface area contributed by atoms with Crippen molar-refractivity contribution < 1.29 is 23.0 Å². The highest BCUT2D eigenvalue weighted by Crippen LogP contribution is 2.44. The molecule has 0 saturated carbocycles. The molecule has 22 heavy (non-hydrogen) atoms. The molecule has 3 N–H and O–H groups in total. The van der Waals surface area contributed by atoms with Crippen LogP contribution in [-0.4, -0.2) is 23.7 Å². The van der Waals surface area contributed by atoms with Crippen molar-refractivity contribution in [3.63, 3.8) is 0 Å². The first-order chi connectivity index (χ1) is 9.88. The van der Waals surface area contributed by atoms with Gasteiger partial charge >= 0.3 is 6.29 Å². The Kier molecular flexibility index (Phi) is 4.41. The summed E-state index contributed by atoms with van der Waals surface area (Å²) < 4.78 is 35.2. The lowest BCUT2D eigenvalue weighted by Gasteiger charge is -2.06. The minimum absolute atomic E-state index is 0. The van der Waals surface area contributed by atoms with E-state index in [-0.39, 0.29) is 42.3 Å². The molecule has 0 bridgehead atoms. The SMILES string of the molecule is CC(CN)C(=O)Nc1nc2cc3c(cc2s1)OC(F)(F)O3.Cl. The Bertz CT molecular complexity index is 680. The van der Waals surface area contributed by atoms with Crippen LogP contribution in [-0.2, 0) is 4.79 Å². The summed E-state index contributed by atoms with van der Waals surface area (Å²) in [5, 5.41) is 3.00. The fourth-order valence-corrected chi connectivity index (χ4v) is 2.64. The lowest BCUT2D eigenvalue weighted by molar-refractivity contribution is -0.286. The first-order valence-electron chi connectivity index (χ1n) is 6.09. The van der Waals surface area contributed by atoms with Crippen molar-refractivity contribution in [2.45, 2.75) is 13.2 Å². The Morgan fingerprint density at radius 2 is 2.09 bits per heavy atom. The number of nitrogens with two attached hydrogens (primary N) is 1. The van der Waals surface area contributed by atoms with Crippen LogP contribution in [0.2, 0.25) is 0 Å². The van der Waals surface area contributed by atoms with Crippen molar-refractivity contribution in [3.05, 3.63) is 12.1 Å². The fraction of sp³-hybridized carbons (Fsp3) is 0.333. The molecule has 1 unspecified atom stereocenters. The van der Waals surface area contributed by atoms with Gasteiger partial charge in [-0.05, 0) is 0 Å². The molecular formula is C12H12ClF2N3O3S. The Balaban J connectivity index is 0.00000176.